The second kappa shape index (κ2) is 7.28. The third-order valence-corrected chi connectivity index (χ3v) is 2.93. The zero-order valence-corrected chi connectivity index (χ0v) is 12.2. The van der Waals surface area contributed by atoms with Crippen LogP contribution in [0.2, 0.25) is 0 Å². The molecule has 0 aliphatic carbocycles. The van der Waals surface area contributed by atoms with Gasteiger partial charge in [-0.25, -0.2) is 14.8 Å². The fourth-order valence-electron chi connectivity index (χ4n) is 1.83. The van der Waals surface area contributed by atoms with Crippen molar-refractivity contribution in [3.05, 3.63) is 42.1 Å². The average molecular weight is 289 g/mol. The van der Waals surface area contributed by atoms with Crippen LogP contribution in [0.3, 0.4) is 0 Å². The number of nitrogens with zero attached hydrogens (tertiary/aromatic N) is 3. The number of aryl methyl sites for hydroxylation is 1. The van der Waals surface area contributed by atoms with Crippen LogP contribution in [0.4, 0.5) is 4.79 Å². The first-order valence-corrected chi connectivity index (χ1v) is 6.67. The van der Waals surface area contributed by atoms with Gasteiger partial charge in [-0.1, -0.05) is 6.07 Å². The largest absolute Gasteiger partial charge is 0.481 e. The van der Waals surface area contributed by atoms with E-state index in [1.807, 2.05) is 29.8 Å². The van der Waals surface area contributed by atoms with E-state index in [1.165, 1.54) is 0 Å². The predicted molar refractivity (Wildman–Crippen MR) is 78.0 cm³/mol. The summed E-state index contributed by atoms with van der Waals surface area (Å²) in [6.07, 6.45) is 5.27. The van der Waals surface area contributed by atoms with E-state index in [-0.39, 0.29) is 6.03 Å². The van der Waals surface area contributed by atoms with Gasteiger partial charge in [-0.15, -0.1) is 0 Å². The number of hydrogen-bond donors (Lipinski definition) is 2. The van der Waals surface area contributed by atoms with Gasteiger partial charge in [-0.05, 0) is 13.0 Å². The quantitative estimate of drug-likeness (QED) is 0.834. The van der Waals surface area contributed by atoms with Gasteiger partial charge in [0, 0.05) is 43.3 Å². The number of pyridine rings is 1. The Balaban J connectivity index is 1.76. The van der Waals surface area contributed by atoms with E-state index in [0.717, 1.165) is 11.3 Å². The van der Waals surface area contributed by atoms with Crippen molar-refractivity contribution in [1.82, 2.24) is 25.2 Å². The molecule has 0 bridgehead atoms. The summed E-state index contributed by atoms with van der Waals surface area (Å²) in [5.74, 6) is 0.536. The minimum absolute atomic E-state index is 0.224. The Bertz CT molecular complexity index is 583. The molecule has 2 aromatic heterocycles. The molecule has 7 nitrogen and oxygen atoms in total. The number of imidazole rings is 1. The third kappa shape index (κ3) is 4.48. The van der Waals surface area contributed by atoms with Gasteiger partial charge in [0.2, 0.25) is 5.88 Å². The molecular formula is C14H19N5O2. The van der Waals surface area contributed by atoms with Crippen molar-refractivity contribution in [2.45, 2.75) is 20.0 Å². The Morgan fingerprint density at radius 3 is 2.95 bits per heavy atom. The van der Waals surface area contributed by atoms with Gasteiger partial charge in [0.15, 0.2) is 0 Å². The molecule has 2 N–H and O–H groups in total. The zero-order chi connectivity index (χ0) is 15.1. The monoisotopic (exact) mass is 289 g/mol. The average Bonchev–Trinajstić information content (AvgIpc) is 2.99. The normalized spacial score (nSPS) is 10.2. The van der Waals surface area contributed by atoms with Crippen LogP contribution in [0.1, 0.15) is 11.3 Å². The number of methoxy groups -OCH3 is 1. The molecule has 112 valence electrons. The summed E-state index contributed by atoms with van der Waals surface area (Å²) in [5, 5.41) is 5.56. The number of nitrogens with one attached hydrogen (secondary N) is 2. The second-order valence-corrected chi connectivity index (χ2v) is 4.53. The summed E-state index contributed by atoms with van der Waals surface area (Å²) >= 11 is 0. The highest BCUT2D eigenvalue weighted by Crippen LogP contribution is 2.14. The van der Waals surface area contributed by atoms with E-state index in [2.05, 4.69) is 20.6 Å². The molecule has 0 saturated heterocycles. The Hall–Kier alpha value is -2.57. The van der Waals surface area contributed by atoms with Crippen LogP contribution in [0, 0.1) is 6.92 Å². The minimum Gasteiger partial charge on any atom is -0.481 e. The molecule has 0 aliphatic heterocycles. The molecule has 0 unspecified atom stereocenters. The van der Waals surface area contributed by atoms with Crippen LogP contribution in [0.25, 0.3) is 0 Å². The Kier molecular flexibility index (Phi) is 5.14. The van der Waals surface area contributed by atoms with E-state index < -0.39 is 0 Å². The van der Waals surface area contributed by atoms with Crippen LogP contribution < -0.4 is 15.4 Å². The molecule has 2 aromatic rings. The van der Waals surface area contributed by atoms with Crippen molar-refractivity contribution in [3.63, 3.8) is 0 Å². The molecular weight excluding hydrogens is 270 g/mol. The number of aromatic nitrogens is 3. The van der Waals surface area contributed by atoms with Gasteiger partial charge in [-0.3, -0.25) is 0 Å². The molecule has 0 radical (unpaired) electrons. The maximum absolute atomic E-state index is 11.7. The summed E-state index contributed by atoms with van der Waals surface area (Å²) in [5.41, 5.74) is 1.72. The van der Waals surface area contributed by atoms with Gasteiger partial charge in [0.25, 0.3) is 0 Å². The van der Waals surface area contributed by atoms with Crippen molar-refractivity contribution in [1.29, 1.82) is 0 Å². The number of rotatable bonds is 6. The first kappa shape index (κ1) is 14.8. The Morgan fingerprint density at radius 1 is 1.38 bits per heavy atom. The molecule has 0 aliphatic rings. The molecule has 0 aromatic carbocycles. The lowest BCUT2D eigenvalue weighted by Gasteiger charge is -2.10. The molecule has 7 heteroatoms. The molecule has 0 fully saturated rings. The van der Waals surface area contributed by atoms with E-state index in [4.69, 9.17) is 4.74 Å². The fourth-order valence-corrected chi connectivity index (χ4v) is 1.83. The van der Waals surface area contributed by atoms with E-state index in [9.17, 15) is 4.79 Å². The van der Waals surface area contributed by atoms with Gasteiger partial charge < -0.3 is 19.9 Å². The number of amides is 2. The van der Waals surface area contributed by atoms with Crippen molar-refractivity contribution < 1.29 is 9.53 Å². The van der Waals surface area contributed by atoms with Crippen molar-refractivity contribution in [2.24, 2.45) is 0 Å². The van der Waals surface area contributed by atoms with Crippen LogP contribution in [0.5, 0.6) is 5.88 Å². The molecule has 0 atom stereocenters. The van der Waals surface area contributed by atoms with Crippen molar-refractivity contribution in [3.8, 4) is 5.88 Å². The molecule has 2 amide bonds. The van der Waals surface area contributed by atoms with Crippen LogP contribution in [0.15, 0.2) is 30.9 Å². The van der Waals surface area contributed by atoms with Gasteiger partial charge >= 0.3 is 6.03 Å². The number of carbonyl (C=O) groups excluding carboxylic acids is 1. The fraction of sp³-hybridized carbons (Fsp3) is 0.357. The standard InChI is InChI=1S/C14H19N5O2/c1-11-3-4-12(13(18-11)21-2)9-17-14(20)16-6-8-19-7-5-15-10-19/h3-5,7,10H,6,8-9H2,1-2H3,(H2,16,17,20). The predicted octanol–water partition coefficient (Wildman–Crippen LogP) is 1.09. The summed E-state index contributed by atoms with van der Waals surface area (Å²) in [7, 11) is 1.57. The molecule has 2 rings (SSSR count). The highest BCUT2D eigenvalue weighted by Gasteiger charge is 2.06. The van der Waals surface area contributed by atoms with E-state index in [1.54, 1.807) is 19.6 Å². The van der Waals surface area contributed by atoms with Crippen LogP contribution in [-0.2, 0) is 13.1 Å². The molecule has 0 spiro atoms. The molecule has 0 saturated carbocycles. The SMILES string of the molecule is COc1nc(C)ccc1CNC(=O)NCCn1ccnc1. The number of hydrogen-bond acceptors (Lipinski definition) is 4. The Morgan fingerprint density at radius 2 is 2.24 bits per heavy atom. The van der Waals surface area contributed by atoms with Gasteiger partial charge in [0.1, 0.15) is 0 Å². The summed E-state index contributed by atoms with van der Waals surface area (Å²) < 4.78 is 7.09. The van der Waals surface area contributed by atoms with Gasteiger partial charge in [0.05, 0.1) is 13.4 Å². The first-order chi connectivity index (χ1) is 10.2. The first-order valence-electron chi connectivity index (χ1n) is 6.67. The number of carbonyl (C=O) groups is 1. The van der Waals surface area contributed by atoms with Crippen molar-refractivity contribution >= 4 is 6.03 Å². The number of ether oxygens (including phenoxy) is 1. The van der Waals surface area contributed by atoms with Crippen LogP contribution >= 0.6 is 0 Å². The zero-order valence-electron chi connectivity index (χ0n) is 12.2. The second-order valence-electron chi connectivity index (χ2n) is 4.53. The molecule has 2 heterocycles. The maximum Gasteiger partial charge on any atom is 0.315 e. The maximum atomic E-state index is 11.7. The highest BCUT2D eigenvalue weighted by molar-refractivity contribution is 5.73. The molecule has 21 heavy (non-hydrogen) atoms. The lowest BCUT2D eigenvalue weighted by atomic mass is 10.2. The highest BCUT2D eigenvalue weighted by atomic mass is 16.5. The summed E-state index contributed by atoms with van der Waals surface area (Å²) in [6.45, 7) is 3.48. The third-order valence-electron chi connectivity index (χ3n) is 2.93. The minimum atomic E-state index is -0.224. The smallest absolute Gasteiger partial charge is 0.315 e. The lowest BCUT2D eigenvalue weighted by molar-refractivity contribution is 0.240. The van der Waals surface area contributed by atoms with Crippen LogP contribution in [-0.4, -0.2) is 34.2 Å². The van der Waals surface area contributed by atoms with Gasteiger partial charge in [-0.2, -0.15) is 0 Å². The van der Waals surface area contributed by atoms with Crippen molar-refractivity contribution in [2.75, 3.05) is 13.7 Å². The topological polar surface area (TPSA) is 81.1 Å². The summed E-state index contributed by atoms with van der Waals surface area (Å²) in [6, 6.07) is 3.56. The Labute approximate surface area is 123 Å². The summed E-state index contributed by atoms with van der Waals surface area (Å²) in [4.78, 5) is 19.9. The van der Waals surface area contributed by atoms with E-state index in [0.29, 0.717) is 25.5 Å². The number of urea groups is 1. The lowest BCUT2D eigenvalue weighted by Crippen LogP contribution is -2.36. The van der Waals surface area contributed by atoms with E-state index >= 15 is 0 Å².